The van der Waals surface area contributed by atoms with E-state index in [9.17, 15) is 22.8 Å². The Kier molecular flexibility index (Phi) is 5.40. The first-order chi connectivity index (χ1) is 8.06. The maximum atomic E-state index is 12.6. The van der Waals surface area contributed by atoms with E-state index in [0.717, 1.165) is 4.90 Å². The van der Waals surface area contributed by atoms with Gasteiger partial charge in [-0.3, -0.25) is 0 Å². The number of nitrogens with zero attached hydrogens (tertiary/aromatic N) is 1. The molecule has 6 nitrogen and oxygen atoms in total. The number of aliphatic carboxylic acids is 1. The Hall–Kier alpha value is -1.51. The lowest BCUT2D eigenvalue weighted by molar-refractivity contribution is -0.203. The number of rotatable bonds is 5. The molecule has 0 fully saturated rings. The van der Waals surface area contributed by atoms with Gasteiger partial charge in [0.2, 0.25) is 5.54 Å². The van der Waals surface area contributed by atoms with Crippen LogP contribution in [-0.4, -0.2) is 60.9 Å². The summed E-state index contributed by atoms with van der Waals surface area (Å²) < 4.78 is 37.8. The van der Waals surface area contributed by atoms with Crippen LogP contribution in [-0.2, 0) is 4.79 Å². The van der Waals surface area contributed by atoms with Gasteiger partial charge in [0, 0.05) is 20.1 Å². The van der Waals surface area contributed by atoms with E-state index < -0.39 is 23.7 Å². The number of urea groups is 1. The number of carbonyl (C=O) groups is 2. The number of hydrogen-bond donors (Lipinski definition) is 3. The normalized spacial score (nSPS) is 14.8. The van der Waals surface area contributed by atoms with Gasteiger partial charge in [-0.15, -0.1) is 0 Å². The number of alkyl halides is 3. The number of carboxylic acids is 1. The molecule has 0 aromatic carbocycles. The third-order valence-electron chi connectivity index (χ3n) is 2.40. The lowest BCUT2D eigenvalue weighted by Gasteiger charge is -2.30. The first-order valence-electron chi connectivity index (χ1n) is 5.04. The predicted octanol–water partition coefficient (Wildman–Crippen LogP) is 0.253. The molecule has 0 spiro atoms. The van der Waals surface area contributed by atoms with Crippen LogP contribution < -0.4 is 10.6 Å². The lowest BCUT2D eigenvalue weighted by Crippen LogP contribution is -2.63. The van der Waals surface area contributed by atoms with Crippen LogP contribution in [0.4, 0.5) is 18.0 Å². The summed E-state index contributed by atoms with van der Waals surface area (Å²) in [5.74, 6) is -2.16. The van der Waals surface area contributed by atoms with Crippen LogP contribution in [0.2, 0.25) is 0 Å². The molecule has 3 N–H and O–H groups in total. The van der Waals surface area contributed by atoms with Gasteiger partial charge in [0.1, 0.15) is 0 Å². The monoisotopic (exact) mass is 271 g/mol. The van der Waals surface area contributed by atoms with E-state index in [1.807, 2.05) is 0 Å². The quantitative estimate of drug-likeness (QED) is 0.669. The summed E-state index contributed by atoms with van der Waals surface area (Å²) in [5, 5.41) is 12.8. The van der Waals surface area contributed by atoms with Crippen molar-refractivity contribution in [1.82, 2.24) is 15.5 Å². The zero-order valence-electron chi connectivity index (χ0n) is 10.3. The summed E-state index contributed by atoms with van der Waals surface area (Å²) in [4.78, 5) is 23.1. The zero-order valence-corrected chi connectivity index (χ0v) is 10.3. The Morgan fingerprint density at radius 1 is 1.33 bits per heavy atom. The Morgan fingerprint density at radius 3 is 2.17 bits per heavy atom. The molecule has 0 aliphatic heterocycles. The van der Waals surface area contributed by atoms with Gasteiger partial charge >= 0.3 is 18.2 Å². The van der Waals surface area contributed by atoms with Crippen molar-refractivity contribution in [1.29, 1.82) is 0 Å². The summed E-state index contributed by atoms with van der Waals surface area (Å²) in [6, 6.07) is -1.10. The zero-order chi connectivity index (χ0) is 14.6. The third-order valence-corrected chi connectivity index (χ3v) is 2.40. The fraction of sp³-hybridized carbons (Fsp3) is 0.778. The van der Waals surface area contributed by atoms with E-state index in [2.05, 4.69) is 5.32 Å². The average molecular weight is 271 g/mol. The van der Waals surface area contributed by atoms with E-state index in [1.54, 1.807) is 7.05 Å². The summed E-state index contributed by atoms with van der Waals surface area (Å²) in [5.41, 5.74) is -3.31. The number of carbonyl (C=O) groups excluding carboxylic acids is 1. The molecule has 1 unspecified atom stereocenters. The number of likely N-dealkylation sites (N-methyl/N-ethyl adjacent to an activating group) is 2. The van der Waals surface area contributed by atoms with E-state index in [0.29, 0.717) is 13.5 Å². The molecule has 106 valence electrons. The minimum atomic E-state index is -5.08. The van der Waals surface area contributed by atoms with Gasteiger partial charge in [0.05, 0.1) is 0 Å². The van der Waals surface area contributed by atoms with Crippen LogP contribution in [0.3, 0.4) is 0 Å². The molecular formula is C9H16F3N3O3. The largest absolute Gasteiger partial charge is 0.479 e. The van der Waals surface area contributed by atoms with Gasteiger partial charge in [-0.25, -0.2) is 9.59 Å². The molecule has 0 saturated carbocycles. The highest BCUT2D eigenvalue weighted by Crippen LogP contribution is 2.30. The second-order valence-corrected chi connectivity index (χ2v) is 3.88. The van der Waals surface area contributed by atoms with Crippen LogP contribution in [0.1, 0.15) is 6.92 Å². The fourth-order valence-electron chi connectivity index (χ4n) is 0.936. The van der Waals surface area contributed by atoms with Crippen LogP contribution in [0.5, 0.6) is 0 Å². The Morgan fingerprint density at radius 2 is 1.83 bits per heavy atom. The minimum Gasteiger partial charge on any atom is -0.479 e. The Balaban J connectivity index is 4.82. The van der Waals surface area contributed by atoms with Crippen molar-refractivity contribution in [2.45, 2.75) is 18.6 Å². The number of nitrogens with one attached hydrogen (secondary N) is 2. The molecule has 1 atom stereocenters. The standard InChI is InChI=1S/C9H16F3N3O3/c1-8(6(16)17,9(10,11)12)14-7(18)15(3)5-4-13-2/h13H,4-5H2,1-3H3,(H,14,18)(H,16,17). The van der Waals surface area contributed by atoms with Crippen LogP contribution in [0, 0.1) is 0 Å². The van der Waals surface area contributed by atoms with Crippen molar-refractivity contribution in [3.63, 3.8) is 0 Å². The van der Waals surface area contributed by atoms with E-state index in [4.69, 9.17) is 5.11 Å². The molecule has 0 bridgehead atoms. The second kappa shape index (κ2) is 5.89. The summed E-state index contributed by atoms with van der Waals surface area (Å²) >= 11 is 0. The molecule has 0 aromatic rings. The molecule has 0 aromatic heterocycles. The van der Waals surface area contributed by atoms with Crippen molar-refractivity contribution in [3.8, 4) is 0 Å². The predicted molar refractivity (Wildman–Crippen MR) is 57.2 cm³/mol. The van der Waals surface area contributed by atoms with E-state index in [1.165, 1.54) is 12.4 Å². The Labute approximate surface area is 102 Å². The second-order valence-electron chi connectivity index (χ2n) is 3.88. The van der Waals surface area contributed by atoms with Crippen LogP contribution in [0.15, 0.2) is 0 Å². The van der Waals surface area contributed by atoms with Crippen molar-refractivity contribution in [3.05, 3.63) is 0 Å². The summed E-state index contributed by atoms with van der Waals surface area (Å²) in [6.45, 7) is 0.925. The minimum absolute atomic E-state index is 0.149. The van der Waals surface area contributed by atoms with Gasteiger partial charge in [0.25, 0.3) is 0 Å². The first kappa shape index (κ1) is 16.5. The van der Waals surface area contributed by atoms with E-state index >= 15 is 0 Å². The van der Waals surface area contributed by atoms with Crippen LogP contribution >= 0.6 is 0 Å². The third kappa shape index (κ3) is 3.76. The van der Waals surface area contributed by atoms with Crippen molar-refractivity contribution >= 4 is 12.0 Å². The fourth-order valence-corrected chi connectivity index (χ4v) is 0.936. The molecule has 0 aliphatic carbocycles. The number of amides is 2. The first-order valence-corrected chi connectivity index (χ1v) is 5.04. The van der Waals surface area contributed by atoms with Crippen molar-refractivity contribution < 1.29 is 27.9 Å². The molecular weight excluding hydrogens is 255 g/mol. The summed E-state index contributed by atoms with van der Waals surface area (Å²) in [6.07, 6.45) is -5.08. The van der Waals surface area contributed by atoms with Crippen molar-refractivity contribution in [2.75, 3.05) is 27.2 Å². The highest BCUT2D eigenvalue weighted by atomic mass is 19.4. The number of halogens is 3. The molecule has 0 aliphatic rings. The number of carboxylic acid groups (broad SMARTS) is 1. The highest BCUT2D eigenvalue weighted by Gasteiger charge is 2.58. The molecule has 0 rings (SSSR count). The van der Waals surface area contributed by atoms with Gasteiger partial charge in [0.15, 0.2) is 0 Å². The molecule has 9 heteroatoms. The van der Waals surface area contributed by atoms with Gasteiger partial charge < -0.3 is 20.6 Å². The molecule has 18 heavy (non-hydrogen) atoms. The maximum absolute atomic E-state index is 12.6. The molecule has 2 amide bonds. The molecule has 0 heterocycles. The van der Waals surface area contributed by atoms with Gasteiger partial charge in [-0.2, -0.15) is 13.2 Å². The van der Waals surface area contributed by atoms with Crippen molar-refractivity contribution in [2.24, 2.45) is 0 Å². The average Bonchev–Trinajstić information content (AvgIpc) is 2.23. The smallest absolute Gasteiger partial charge is 0.422 e. The molecule has 0 radical (unpaired) electrons. The van der Waals surface area contributed by atoms with Crippen LogP contribution in [0.25, 0.3) is 0 Å². The van der Waals surface area contributed by atoms with E-state index in [-0.39, 0.29) is 6.54 Å². The van der Waals surface area contributed by atoms with Gasteiger partial charge in [-0.05, 0) is 14.0 Å². The lowest BCUT2D eigenvalue weighted by atomic mass is 10.0. The van der Waals surface area contributed by atoms with Gasteiger partial charge in [-0.1, -0.05) is 0 Å². The Bertz CT molecular complexity index is 322. The SMILES string of the molecule is CNCCN(C)C(=O)NC(C)(C(=O)O)C(F)(F)F. The maximum Gasteiger partial charge on any atom is 0.422 e. The summed E-state index contributed by atoms with van der Waals surface area (Å²) in [7, 11) is 2.88. The highest BCUT2D eigenvalue weighted by molar-refractivity contribution is 5.86. The topological polar surface area (TPSA) is 81.7 Å². The number of hydrogen-bond acceptors (Lipinski definition) is 3. The molecule has 0 saturated heterocycles.